The minimum Gasteiger partial charge on any atom is -0.321 e. The molecule has 0 bridgehead atoms. The minimum absolute atomic E-state index is 0.155. The highest BCUT2D eigenvalue weighted by molar-refractivity contribution is 7.89. The maximum absolute atomic E-state index is 14.5. The molecule has 0 aliphatic carbocycles. The summed E-state index contributed by atoms with van der Waals surface area (Å²) >= 11 is 0. The molecule has 0 spiro atoms. The van der Waals surface area contributed by atoms with E-state index in [1.807, 2.05) is 70.2 Å². The van der Waals surface area contributed by atoms with Crippen molar-refractivity contribution in [3.05, 3.63) is 94.3 Å². The minimum atomic E-state index is -3.96. The standard InChI is InChI=1S/C26H29FN2O3S/c1-5-21(15-20-9-7-6-8-10-20)29-33(31,32)22-11-12-24(27)23(16-22)26(30)28-25-18(3)13-17(2)14-19(25)4/h6-14,16,21,29H,5,15H2,1-4H3,(H,28,30). The summed E-state index contributed by atoms with van der Waals surface area (Å²) in [6, 6.07) is 16.3. The number of anilines is 1. The van der Waals surface area contributed by atoms with Crippen LogP contribution >= 0.6 is 0 Å². The lowest BCUT2D eigenvalue weighted by molar-refractivity contribution is 0.102. The molecule has 3 rings (SSSR count). The summed E-state index contributed by atoms with van der Waals surface area (Å²) in [6.07, 6.45) is 1.10. The van der Waals surface area contributed by atoms with Crippen LogP contribution < -0.4 is 10.0 Å². The normalized spacial score (nSPS) is 12.4. The van der Waals surface area contributed by atoms with Gasteiger partial charge in [-0.25, -0.2) is 17.5 Å². The largest absolute Gasteiger partial charge is 0.321 e. The quantitative estimate of drug-likeness (QED) is 0.471. The molecule has 3 aromatic carbocycles. The summed E-state index contributed by atoms with van der Waals surface area (Å²) in [4.78, 5) is 12.7. The summed E-state index contributed by atoms with van der Waals surface area (Å²) < 4.78 is 43.2. The van der Waals surface area contributed by atoms with E-state index in [1.54, 1.807) is 0 Å². The zero-order chi connectivity index (χ0) is 24.2. The van der Waals surface area contributed by atoms with Crippen LogP contribution in [0, 0.1) is 26.6 Å². The molecule has 0 saturated heterocycles. The molecule has 7 heteroatoms. The lowest BCUT2D eigenvalue weighted by atomic mass is 10.0. The van der Waals surface area contributed by atoms with Gasteiger partial charge in [0.25, 0.3) is 5.91 Å². The van der Waals surface area contributed by atoms with E-state index in [0.29, 0.717) is 18.5 Å². The van der Waals surface area contributed by atoms with Gasteiger partial charge >= 0.3 is 0 Å². The SMILES string of the molecule is CCC(Cc1ccccc1)NS(=O)(=O)c1ccc(F)c(C(=O)Nc2c(C)cc(C)cc2C)c1. The monoisotopic (exact) mass is 468 g/mol. The van der Waals surface area contributed by atoms with Crippen molar-refractivity contribution in [2.75, 3.05) is 5.32 Å². The van der Waals surface area contributed by atoms with Crippen LogP contribution in [0.1, 0.15) is 46.0 Å². The Labute approximate surface area is 195 Å². The fourth-order valence-corrected chi connectivity index (χ4v) is 5.20. The maximum atomic E-state index is 14.5. The fourth-order valence-electron chi connectivity index (χ4n) is 3.86. The van der Waals surface area contributed by atoms with Gasteiger partial charge < -0.3 is 5.32 Å². The third kappa shape index (κ3) is 6.06. The van der Waals surface area contributed by atoms with Gasteiger partial charge in [0.15, 0.2) is 0 Å². The van der Waals surface area contributed by atoms with Gasteiger partial charge in [0, 0.05) is 11.7 Å². The molecule has 0 fully saturated rings. The molecule has 0 radical (unpaired) electrons. The lowest BCUT2D eigenvalue weighted by Gasteiger charge is -2.18. The van der Waals surface area contributed by atoms with Crippen molar-refractivity contribution >= 4 is 21.6 Å². The van der Waals surface area contributed by atoms with Crippen LogP contribution in [-0.2, 0) is 16.4 Å². The van der Waals surface area contributed by atoms with Crippen molar-refractivity contribution in [2.24, 2.45) is 0 Å². The smallest absolute Gasteiger partial charge is 0.258 e. The summed E-state index contributed by atoms with van der Waals surface area (Å²) in [5, 5.41) is 2.73. The average molecular weight is 469 g/mol. The highest BCUT2D eigenvalue weighted by atomic mass is 32.2. The van der Waals surface area contributed by atoms with Gasteiger partial charge in [0.05, 0.1) is 10.5 Å². The molecule has 0 saturated carbocycles. The van der Waals surface area contributed by atoms with Gasteiger partial charge in [-0.1, -0.05) is 55.0 Å². The summed E-state index contributed by atoms with van der Waals surface area (Å²) in [5.74, 6) is -1.49. The van der Waals surface area contributed by atoms with E-state index in [2.05, 4.69) is 10.0 Å². The molecular formula is C26H29FN2O3S. The Bertz CT molecular complexity index is 1230. The number of rotatable bonds is 8. The van der Waals surface area contributed by atoms with Gasteiger partial charge in [0.1, 0.15) is 5.82 Å². The molecule has 0 aliphatic heterocycles. The van der Waals surface area contributed by atoms with Crippen molar-refractivity contribution in [2.45, 2.75) is 51.5 Å². The highest BCUT2D eigenvalue weighted by Crippen LogP contribution is 2.24. The van der Waals surface area contributed by atoms with Gasteiger partial charge in [-0.2, -0.15) is 0 Å². The van der Waals surface area contributed by atoms with Crippen molar-refractivity contribution in [1.82, 2.24) is 4.72 Å². The number of amides is 1. The number of hydrogen-bond acceptors (Lipinski definition) is 3. The molecule has 0 aromatic heterocycles. The fraction of sp³-hybridized carbons (Fsp3) is 0.269. The number of sulfonamides is 1. The van der Waals surface area contributed by atoms with Crippen LogP contribution in [0.25, 0.3) is 0 Å². The molecule has 1 unspecified atom stereocenters. The first-order valence-corrected chi connectivity index (χ1v) is 12.3. The van der Waals surface area contributed by atoms with E-state index in [1.165, 1.54) is 6.07 Å². The second-order valence-corrected chi connectivity index (χ2v) is 10.00. The molecule has 5 nitrogen and oxygen atoms in total. The number of carbonyl (C=O) groups excluding carboxylic acids is 1. The van der Waals surface area contributed by atoms with Crippen molar-refractivity contribution < 1.29 is 17.6 Å². The number of halogens is 1. The van der Waals surface area contributed by atoms with E-state index in [0.717, 1.165) is 34.4 Å². The molecule has 1 atom stereocenters. The Morgan fingerprint density at radius 1 is 0.970 bits per heavy atom. The molecule has 0 aliphatic rings. The van der Waals surface area contributed by atoms with E-state index >= 15 is 0 Å². The summed E-state index contributed by atoms with van der Waals surface area (Å²) in [5.41, 5.74) is 4.01. The first kappa shape index (κ1) is 24.6. The molecule has 33 heavy (non-hydrogen) atoms. The van der Waals surface area contributed by atoms with Crippen LogP contribution in [0.3, 0.4) is 0 Å². The number of aryl methyl sites for hydroxylation is 3. The molecule has 174 valence electrons. The van der Waals surface area contributed by atoms with Gasteiger partial charge in [-0.15, -0.1) is 0 Å². The number of nitrogens with one attached hydrogen (secondary N) is 2. The number of carbonyl (C=O) groups is 1. The summed E-state index contributed by atoms with van der Waals surface area (Å²) in [7, 11) is -3.96. The zero-order valence-electron chi connectivity index (χ0n) is 19.3. The van der Waals surface area contributed by atoms with Crippen molar-refractivity contribution in [3.63, 3.8) is 0 Å². The average Bonchev–Trinajstić information content (AvgIpc) is 2.76. The Hall–Kier alpha value is -3.03. The Kier molecular flexibility index (Phi) is 7.66. The molecule has 0 heterocycles. The highest BCUT2D eigenvalue weighted by Gasteiger charge is 2.23. The number of benzene rings is 3. The van der Waals surface area contributed by atoms with E-state index in [4.69, 9.17) is 0 Å². The van der Waals surface area contributed by atoms with Gasteiger partial charge in [-0.05, 0) is 68.5 Å². The second-order valence-electron chi connectivity index (χ2n) is 8.29. The first-order chi connectivity index (χ1) is 15.6. The predicted molar refractivity (Wildman–Crippen MR) is 130 cm³/mol. The first-order valence-electron chi connectivity index (χ1n) is 10.9. The zero-order valence-corrected chi connectivity index (χ0v) is 20.1. The molecule has 2 N–H and O–H groups in total. The number of hydrogen-bond donors (Lipinski definition) is 2. The molecule has 1 amide bonds. The van der Waals surface area contributed by atoms with Crippen LogP contribution in [0.2, 0.25) is 0 Å². The maximum Gasteiger partial charge on any atom is 0.258 e. The summed E-state index contributed by atoms with van der Waals surface area (Å²) in [6.45, 7) is 7.56. The molecular weight excluding hydrogens is 439 g/mol. The Morgan fingerprint density at radius 3 is 2.21 bits per heavy atom. The predicted octanol–water partition coefficient (Wildman–Crippen LogP) is 5.30. The van der Waals surface area contributed by atoms with Crippen LogP contribution in [0.15, 0.2) is 65.6 Å². The van der Waals surface area contributed by atoms with Crippen molar-refractivity contribution in [1.29, 1.82) is 0 Å². The van der Waals surface area contributed by atoms with E-state index < -0.39 is 21.7 Å². The van der Waals surface area contributed by atoms with Crippen LogP contribution in [0.5, 0.6) is 0 Å². The van der Waals surface area contributed by atoms with Gasteiger partial charge in [0.2, 0.25) is 10.0 Å². The van der Waals surface area contributed by atoms with Crippen molar-refractivity contribution in [3.8, 4) is 0 Å². The van der Waals surface area contributed by atoms with E-state index in [9.17, 15) is 17.6 Å². The van der Waals surface area contributed by atoms with Crippen LogP contribution in [0.4, 0.5) is 10.1 Å². The lowest BCUT2D eigenvalue weighted by Crippen LogP contribution is -2.36. The second kappa shape index (κ2) is 10.3. The molecule has 3 aromatic rings. The topological polar surface area (TPSA) is 75.3 Å². The Balaban J connectivity index is 1.84. The Morgan fingerprint density at radius 2 is 1.61 bits per heavy atom. The van der Waals surface area contributed by atoms with Gasteiger partial charge in [-0.3, -0.25) is 4.79 Å². The third-order valence-corrected chi connectivity index (χ3v) is 7.07. The van der Waals surface area contributed by atoms with E-state index in [-0.39, 0.29) is 16.5 Å². The third-order valence-electron chi connectivity index (χ3n) is 5.55. The van der Waals surface area contributed by atoms with Crippen LogP contribution in [-0.4, -0.2) is 20.4 Å².